The Bertz CT molecular complexity index is 369. The molecule has 2 nitrogen and oxygen atoms in total. The Morgan fingerprint density at radius 3 is 2.94 bits per heavy atom. The summed E-state index contributed by atoms with van der Waals surface area (Å²) in [5.41, 5.74) is 2.67. The quantitative estimate of drug-likeness (QED) is 0.754. The Labute approximate surface area is 97.1 Å². The fourth-order valence-corrected chi connectivity index (χ4v) is 1.86. The molecule has 1 aliphatic rings. The third-order valence-corrected chi connectivity index (χ3v) is 2.97. The van der Waals surface area contributed by atoms with Crippen LogP contribution in [0.2, 0.25) is 0 Å². The number of carbonyl (C=O) groups excluding carboxylic acids is 1. The maximum atomic E-state index is 11.4. The van der Waals surface area contributed by atoms with Crippen LogP contribution in [0.5, 0.6) is 0 Å². The SMILES string of the molecule is Cc1cccc(CCCNC(=O)C2CC2)c1. The molecule has 1 aromatic rings. The molecule has 0 saturated heterocycles. The van der Waals surface area contributed by atoms with E-state index in [4.69, 9.17) is 0 Å². The Morgan fingerprint density at radius 2 is 2.25 bits per heavy atom. The van der Waals surface area contributed by atoms with E-state index in [0.29, 0.717) is 5.92 Å². The predicted molar refractivity (Wildman–Crippen MR) is 65.2 cm³/mol. The van der Waals surface area contributed by atoms with E-state index in [1.807, 2.05) is 0 Å². The number of hydrogen-bond donors (Lipinski definition) is 1. The van der Waals surface area contributed by atoms with Gasteiger partial charge in [-0.3, -0.25) is 4.79 Å². The van der Waals surface area contributed by atoms with Crippen molar-refractivity contribution in [1.82, 2.24) is 5.32 Å². The largest absolute Gasteiger partial charge is 0.356 e. The lowest BCUT2D eigenvalue weighted by Crippen LogP contribution is -2.26. The molecule has 1 fully saturated rings. The lowest BCUT2D eigenvalue weighted by atomic mass is 10.1. The molecular formula is C14H19NO. The minimum Gasteiger partial charge on any atom is -0.356 e. The van der Waals surface area contributed by atoms with Crippen LogP contribution in [-0.4, -0.2) is 12.5 Å². The smallest absolute Gasteiger partial charge is 0.223 e. The molecule has 0 heterocycles. The van der Waals surface area contributed by atoms with Crippen LogP contribution < -0.4 is 5.32 Å². The summed E-state index contributed by atoms with van der Waals surface area (Å²) in [7, 11) is 0. The molecule has 1 aromatic carbocycles. The average molecular weight is 217 g/mol. The van der Waals surface area contributed by atoms with Crippen molar-refractivity contribution in [1.29, 1.82) is 0 Å². The zero-order chi connectivity index (χ0) is 11.4. The van der Waals surface area contributed by atoms with Crippen LogP contribution >= 0.6 is 0 Å². The highest BCUT2D eigenvalue weighted by atomic mass is 16.2. The molecule has 1 N–H and O–H groups in total. The molecule has 0 aromatic heterocycles. The molecule has 1 saturated carbocycles. The van der Waals surface area contributed by atoms with E-state index < -0.39 is 0 Å². The second-order valence-corrected chi connectivity index (χ2v) is 4.66. The average Bonchev–Trinajstić information content (AvgIpc) is 3.08. The number of aryl methyl sites for hydroxylation is 2. The number of benzene rings is 1. The van der Waals surface area contributed by atoms with Gasteiger partial charge in [0.15, 0.2) is 0 Å². The number of nitrogens with one attached hydrogen (secondary N) is 1. The number of carbonyl (C=O) groups is 1. The highest BCUT2D eigenvalue weighted by Crippen LogP contribution is 2.28. The second-order valence-electron chi connectivity index (χ2n) is 4.66. The highest BCUT2D eigenvalue weighted by Gasteiger charge is 2.28. The molecule has 0 atom stereocenters. The molecule has 16 heavy (non-hydrogen) atoms. The van der Waals surface area contributed by atoms with Gasteiger partial charge in [-0.05, 0) is 38.2 Å². The summed E-state index contributed by atoms with van der Waals surface area (Å²) in [6, 6.07) is 8.56. The highest BCUT2D eigenvalue weighted by molar-refractivity contribution is 5.80. The first-order valence-electron chi connectivity index (χ1n) is 6.09. The van der Waals surface area contributed by atoms with Crippen molar-refractivity contribution < 1.29 is 4.79 Å². The minimum absolute atomic E-state index is 0.254. The van der Waals surface area contributed by atoms with E-state index in [-0.39, 0.29) is 5.91 Å². The molecule has 0 spiro atoms. The molecule has 0 unspecified atom stereocenters. The number of hydrogen-bond acceptors (Lipinski definition) is 1. The summed E-state index contributed by atoms with van der Waals surface area (Å²) >= 11 is 0. The Balaban J connectivity index is 1.65. The van der Waals surface area contributed by atoms with Crippen LogP contribution in [0.25, 0.3) is 0 Å². The zero-order valence-electron chi connectivity index (χ0n) is 9.83. The van der Waals surface area contributed by atoms with Gasteiger partial charge in [-0.15, -0.1) is 0 Å². The molecule has 1 amide bonds. The van der Waals surface area contributed by atoms with Crippen LogP contribution in [0.4, 0.5) is 0 Å². The van der Waals surface area contributed by atoms with Crippen molar-refractivity contribution in [2.45, 2.75) is 32.6 Å². The summed E-state index contributed by atoms with van der Waals surface area (Å²) < 4.78 is 0. The van der Waals surface area contributed by atoms with Gasteiger partial charge < -0.3 is 5.32 Å². The lowest BCUT2D eigenvalue weighted by molar-refractivity contribution is -0.122. The molecule has 0 aliphatic heterocycles. The lowest BCUT2D eigenvalue weighted by Gasteiger charge is -2.04. The number of amides is 1. The minimum atomic E-state index is 0.254. The summed E-state index contributed by atoms with van der Waals surface area (Å²) in [5.74, 6) is 0.586. The van der Waals surface area contributed by atoms with E-state index >= 15 is 0 Å². The molecular weight excluding hydrogens is 198 g/mol. The second kappa shape index (κ2) is 5.15. The van der Waals surface area contributed by atoms with Crippen LogP contribution in [0.15, 0.2) is 24.3 Å². The molecule has 86 valence electrons. The molecule has 0 bridgehead atoms. The van der Waals surface area contributed by atoms with Crippen LogP contribution in [-0.2, 0) is 11.2 Å². The van der Waals surface area contributed by atoms with Crippen molar-refractivity contribution in [2.24, 2.45) is 5.92 Å². The topological polar surface area (TPSA) is 29.1 Å². The summed E-state index contributed by atoms with van der Waals surface area (Å²) in [6.45, 7) is 2.92. The van der Waals surface area contributed by atoms with Gasteiger partial charge in [-0.2, -0.15) is 0 Å². The van der Waals surface area contributed by atoms with E-state index in [9.17, 15) is 4.79 Å². The Morgan fingerprint density at radius 1 is 1.44 bits per heavy atom. The van der Waals surface area contributed by atoms with Crippen LogP contribution in [0.3, 0.4) is 0 Å². The zero-order valence-corrected chi connectivity index (χ0v) is 9.83. The van der Waals surface area contributed by atoms with E-state index in [1.165, 1.54) is 11.1 Å². The monoisotopic (exact) mass is 217 g/mol. The van der Waals surface area contributed by atoms with Gasteiger partial charge in [0.25, 0.3) is 0 Å². The third kappa shape index (κ3) is 3.37. The first-order valence-corrected chi connectivity index (χ1v) is 6.09. The number of rotatable bonds is 5. The third-order valence-electron chi connectivity index (χ3n) is 2.97. The van der Waals surface area contributed by atoms with Crippen molar-refractivity contribution >= 4 is 5.91 Å². The summed E-state index contributed by atoms with van der Waals surface area (Å²) in [4.78, 5) is 11.4. The van der Waals surface area contributed by atoms with E-state index in [0.717, 1.165) is 32.2 Å². The van der Waals surface area contributed by atoms with E-state index in [1.54, 1.807) is 0 Å². The van der Waals surface area contributed by atoms with Gasteiger partial charge in [0.05, 0.1) is 0 Å². The fourth-order valence-electron chi connectivity index (χ4n) is 1.86. The van der Waals surface area contributed by atoms with Gasteiger partial charge in [-0.25, -0.2) is 0 Å². The standard InChI is InChI=1S/C14H19NO/c1-11-4-2-5-12(10-11)6-3-9-15-14(16)13-7-8-13/h2,4-5,10,13H,3,6-9H2,1H3,(H,15,16). The molecule has 2 heteroatoms. The fraction of sp³-hybridized carbons (Fsp3) is 0.500. The normalized spacial score (nSPS) is 14.8. The van der Waals surface area contributed by atoms with E-state index in [2.05, 4.69) is 36.5 Å². The van der Waals surface area contributed by atoms with Gasteiger partial charge in [0.2, 0.25) is 5.91 Å². The molecule has 2 rings (SSSR count). The van der Waals surface area contributed by atoms with Gasteiger partial charge in [0, 0.05) is 12.5 Å². The Hall–Kier alpha value is -1.31. The molecule has 0 radical (unpaired) electrons. The summed E-state index contributed by atoms with van der Waals surface area (Å²) in [6.07, 6.45) is 4.25. The molecule has 1 aliphatic carbocycles. The van der Waals surface area contributed by atoms with Gasteiger partial charge >= 0.3 is 0 Å². The van der Waals surface area contributed by atoms with Crippen molar-refractivity contribution in [2.75, 3.05) is 6.54 Å². The van der Waals surface area contributed by atoms with Gasteiger partial charge in [0.1, 0.15) is 0 Å². The first kappa shape index (κ1) is 11.2. The predicted octanol–water partition coefficient (Wildman–Crippen LogP) is 2.45. The van der Waals surface area contributed by atoms with Crippen LogP contribution in [0, 0.1) is 12.8 Å². The maximum absolute atomic E-state index is 11.4. The Kier molecular flexibility index (Phi) is 3.60. The first-order chi connectivity index (χ1) is 7.75. The van der Waals surface area contributed by atoms with Crippen molar-refractivity contribution in [3.63, 3.8) is 0 Å². The van der Waals surface area contributed by atoms with Crippen molar-refractivity contribution in [3.05, 3.63) is 35.4 Å². The summed E-state index contributed by atoms with van der Waals surface area (Å²) in [5, 5.41) is 2.99. The van der Waals surface area contributed by atoms with Gasteiger partial charge in [-0.1, -0.05) is 29.8 Å². The van der Waals surface area contributed by atoms with Crippen LogP contribution in [0.1, 0.15) is 30.4 Å². The maximum Gasteiger partial charge on any atom is 0.223 e. The van der Waals surface area contributed by atoms with Crippen molar-refractivity contribution in [3.8, 4) is 0 Å².